The molecule has 1 N–H and O–H groups in total. The number of halogens is 2. The van der Waals surface area contributed by atoms with Crippen LogP contribution in [0.4, 0.5) is 4.39 Å². The van der Waals surface area contributed by atoms with E-state index in [4.69, 9.17) is 11.6 Å². The zero-order valence-corrected chi connectivity index (χ0v) is 11.1. The highest BCUT2D eigenvalue weighted by Crippen LogP contribution is 2.35. The van der Waals surface area contributed by atoms with Crippen molar-refractivity contribution in [3.8, 4) is 0 Å². The fourth-order valence-electron chi connectivity index (χ4n) is 2.93. The molecule has 1 nitrogen and oxygen atoms in total. The lowest BCUT2D eigenvalue weighted by Crippen LogP contribution is -2.29. The van der Waals surface area contributed by atoms with E-state index in [1.807, 2.05) is 19.2 Å². The zero-order chi connectivity index (χ0) is 12.4. The summed E-state index contributed by atoms with van der Waals surface area (Å²) in [5, 5.41) is 3.57. The summed E-state index contributed by atoms with van der Waals surface area (Å²) in [5.74, 6) is 0.910. The van der Waals surface area contributed by atoms with Crippen LogP contribution in [0.3, 0.4) is 0 Å². The number of nitrogens with one attached hydrogen (secondary N) is 1. The lowest BCUT2D eigenvalue weighted by Gasteiger charge is -2.20. The topological polar surface area (TPSA) is 12.0 Å². The summed E-state index contributed by atoms with van der Waals surface area (Å²) < 4.78 is 13.8. The van der Waals surface area contributed by atoms with Crippen LogP contribution < -0.4 is 5.32 Å². The minimum Gasteiger partial charge on any atom is -0.317 e. The number of hydrogen-bond donors (Lipinski definition) is 1. The monoisotopic (exact) mass is 255 g/mol. The summed E-state index contributed by atoms with van der Waals surface area (Å²) in [6.45, 7) is 2.25. The Labute approximate surface area is 107 Å². The molecule has 0 heterocycles. The second-order valence-corrected chi connectivity index (χ2v) is 5.42. The molecule has 2 rings (SSSR count). The van der Waals surface area contributed by atoms with E-state index in [2.05, 4.69) is 12.2 Å². The minimum atomic E-state index is -0.241. The summed E-state index contributed by atoms with van der Waals surface area (Å²) in [7, 11) is 2.00. The fraction of sp³-hybridized carbons (Fsp3) is 0.571. The van der Waals surface area contributed by atoms with E-state index >= 15 is 0 Å². The molecule has 0 saturated heterocycles. The highest BCUT2D eigenvalue weighted by atomic mass is 35.5. The van der Waals surface area contributed by atoms with Crippen LogP contribution in [0.2, 0.25) is 5.02 Å². The van der Waals surface area contributed by atoms with E-state index in [0.717, 1.165) is 12.0 Å². The molecular weight excluding hydrogens is 237 g/mol. The van der Waals surface area contributed by atoms with Crippen LogP contribution in [-0.4, -0.2) is 13.1 Å². The lowest BCUT2D eigenvalue weighted by molar-refractivity contribution is 0.360. The van der Waals surface area contributed by atoms with Crippen molar-refractivity contribution >= 4 is 11.6 Å². The Morgan fingerprint density at radius 2 is 2.18 bits per heavy atom. The molecule has 0 spiro atoms. The van der Waals surface area contributed by atoms with Crippen LogP contribution in [-0.2, 0) is 6.42 Å². The Morgan fingerprint density at radius 3 is 2.82 bits per heavy atom. The van der Waals surface area contributed by atoms with Crippen LogP contribution in [0, 0.1) is 17.7 Å². The largest absolute Gasteiger partial charge is 0.317 e. The van der Waals surface area contributed by atoms with E-state index in [0.29, 0.717) is 17.9 Å². The summed E-state index contributed by atoms with van der Waals surface area (Å²) in [6, 6.07) is 5.85. The molecular formula is C14H19ClFN. The van der Waals surface area contributed by atoms with Gasteiger partial charge in [0.2, 0.25) is 0 Å². The zero-order valence-electron chi connectivity index (χ0n) is 10.3. The van der Waals surface area contributed by atoms with E-state index in [-0.39, 0.29) is 10.8 Å². The molecule has 0 aromatic heterocycles. The molecule has 0 aliphatic heterocycles. The standard InChI is InChI=1S/C14H19ClFN/c1-9-10(6-7-13(9)17-2)8-11-4-3-5-12(15)14(11)16/h3-5,9-10,13,17H,6-8H2,1-2H3. The Kier molecular flexibility index (Phi) is 4.05. The molecule has 1 aromatic carbocycles. The molecule has 1 aliphatic carbocycles. The van der Waals surface area contributed by atoms with Crippen molar-refractivity contribution in [2.24, 2.45) is 11.8 Å². The van der Waals surface area contributed by atoms with E-state index in [1.165, 1.54) is 12.8 Å². The highest BCUT2D eigenvalue weighted by molar-refractivity contribution is 6.30. The van der Waals surface area contributed by atoms with Crippen LogP contribution in [0.1, 0.15) is 25.3 Å². The van der Waals surface area contributed by atoms with Gasteiger partial charge in [0.1, 0.15) is 5.82 Å². The Balaban J connectivity index is 2.09. The van der Waals surface area contributed by atoms with Gasteiger partial charge in [0.05, 0.1) is 5.02 Å². The molecule has 0 bridgehead atoms. The first-order valence-electron chi connectivity index (χ1n) is 6.23. The Morgan fingerprint density at radius 1 is 1.41 bits per heavy atom. The maximum Gasteiger partial charge on any atom is 0.144 e. The van der Waals surface area contributed by atoms with Gasteiger partial charge in [-0.25, -0.2) is 4.39 Å². The quantitative estimate of drug-likeness (QED) is 0.869. The molecule has 1 aromatic rings. The first-order chi connectivity index (χ1) is 8.13. The molecule has 3 heteroatoms. The van der Waals surface area contributed by atoms with Crippen molar-refractivity contribution in [3.63, 3.8) is 0 Å². The average molecular weight is 256 g/mol. The molecule has 3 atom stereocenters. The van der Waals surface area contributed by atoms with Gasteiger partial charge < -0.3 is 5.32 Å². The molecule has 1 aliphatic rings. The summed E-state index contributed by atoms with van der Waals surface area (Å²) in [6.07, 6.45) is 3.15. The van der Waals surface area contributed by atoms with Gasteiger partial charge in [-0.2, -0.15) is 0 Å². The minimum absolute atomic E-state index is 0.235. The predicted octanol–water partition coefficient (Wildman–Crippen LogP) is 3.66. The normalized spacial score (nSPS) is 28.6. The first kappa shape index (κ1) is 12.8. The molecule has 3 unspecified atom stereocenters. The van der Waals surface area contributed by atoms with E-state index in [9.17, 15) is 4.39 Å². The second-order valence-electron chi connectivity index (χ2n) is 5.01. The Hall–Kier alpha value is -0.600. The highest BCUT2D eigenvalue weighted by Gasteiger charge is 2.32. The van der Waals surface area contributed by atoms with Gasteiger partial charge in [-0.1, -0.05) is 30.7 Å². The molecule has 17 heavy (non-hydrogen) atoms. The lowest BCUT2D eigenvalue weighted by atomic mass is 9.89. The molecule has 0 amide bonds. The first-order valence-corrected chi connectivity index (χ1v) is 6.61. The van der Waals surface area contributed by atoms with Crippen molar-refractivity contribution in [1.29, 1.82) is 0 Å². The van der Waals surface area contributed by atoms with Gasteiger partial charge in [-0.05, 0) is 49.8 Å². The number of rotatable bonds is 3. The Bertz CT molecular complexity index is 394. The van der Waals surface area contributed by atoms with Gasteiger partial charge in [0, 0.05) is 6.04 Å². The summed E-state index contributed by atoms with van der Waals surface area (Å²) in [4.78, 5) is 0. The molecule has 0 radical (unpaired) electrons. The third kappa shape index (κ3) is 2.63. The molecule has 94 valence electrons. The fourth-order valence-corrected chi connectivity index (χ4v) is 3.13. The molecule has 1 saturated carbocycles. The van der Waals surface area contributed by atoms with Crippen LogP contribution in [0.5, 0.6) is 0 Å². The van der Waals surface area contributed by atoms with Crippen molar-refractivity contribution in [1.82, 2.24) is 5.32 Å². The van der Waals surface area contributed by atoms with Gasteiger partial charge >= 0.3 is 0 Å². The van der Waals surface area contributed by atoms with Crippen LogP contribution >= 0.6 is 11.6 Å². The summed E-state index contributed by atoms with van der Waals surface area (Å²) >= 11 is 5.80. The predicted molar refractivity (Wildman–Crippen MR) is 69.8 cm³/mol. The smallest absolute Gasteiger partial charge is 0.144 e. The van der Waals surface area contributed by atoms with Crippen molar-refractivity contribution in [2.45, 2.75) is 32.2 Å². The van der Waals surface area contributed by atoms with Gasteiger partial charge in [0.15, 0.2) is 0 Å². The van der Waals surface area contributed by atoms with E-state index in [1.54, 1.807) is 6.07 Å². The second kappa shape index (κ2) is 5.36. The average Bonchev–Trinajstić information content (AvgIpc) is 2.66. The third-order valence-electron chi connectivity index (χ3n) is 4.11. The maximum absolute atomic E-state index is 13.8. The van der Waals surface area contributed by atoms with Crippen LogP contribution in [0.15, 0.2) is 18.2 Å². The van der Waals surface area contributed by atoms with Gasteiger partial charge in [-0.15, -0.1) is 0 Å². The van der Waals surface area contributed by atoms with Crippen LogP contribution in [0.25, 0.3) is 0 Å². The van der Waals surface area contributed by atoms with Crippen molar-refractivity contribution in [3.05, 3.63) is 34.6 Å². The number of hydrogen-bond acceptors (Lipinski definition) is 1. The van der Waals surface area contributed by atoms with Crippen molar-refractivity contribution in [2.75, 3.05) is 7.05 Å². The maximum atomic E-state index is 13.8. The van der Waals surface area contributed by atoms with E-state index < -0.39 is 0 Å². The third-order valence-corrected chi connectivity index (χ3v) is 4.40. The summed E-state index contributed by atoms with van der Waals surface area (Å²) in [5.41, 5.74) is 0.756. The number of benzene rings is 1. The van der Waals surface area contributed by atoms with Gasteiger partial charge in [0.25, 0.3) is 0 Å². The van der Waals surface area contributed by atoms with Gasteiger partial charge in [-0.3, -0.25) is 0 Å². The SMILES string of the molecule is CNC1CCC(Cc2cccc(Cl)c2F)C1C. The van der Waals surface area contributed by atoms with Crippen molar-refractivity contribution < 1.29 is 4.39 Å². The molecule has 1 fully saturated rings.